The van der Waals surface area contributed by atoms with Crippen molar-refractivity contribution >= 4 is 39.8 Å². The van der Waals surface area contributed by atoms with Crippen LogP contribution in [-0.2, 0) is 0 Å². The van der Waals surface area contributed by atoms with E-state index in [-0.39, 0.29) is 0 Å². The molecule has 0 unspecified atom stereocenters. The molecule has 8 heavy (non-hydrogen) atoms. The van der Waals surface area contributed by atoms with Crippen molar-refractivity contribution in [2.24, 2.45) is 0 Å². The molecule has 0 rings (SSSR count). The predicted molar refractivity (Wildman–Crippen MR) is 45.6 cm³/mol. The minimum atomic E-state index is -1.26. The van der Waals surface area contributed by atoms with Gasteiger partial charge < -0.3 is 0 Å². The molecule has 0 heterocycles. The summed E-state index contributed by atoms with van der Waals surface area (Å²) in [5.74, 6) is 0. The van der Waals surface area contributed by atoms with Crippen LogP contribution in [0.4, 0.5) is 0 Å². The summed E-state index contributed by atoms with van der Waals surface area (Å²) in [6.45, 7) is 0. The summed E-state index contributed by atoms with van der Waals surface area (Å²) >= 11 is -2.05. The monoisotopic (exact) mass is 324 g/mol. The third kappa shape index (κ3) is 7.67. The van der Waals surface area contributed by atoms with Gasteiger partial charge in [0.2, 0.25) is 0 Å². The number of hydrogen-bond donors (Lipinski definition) is 0. The fraction of sp³-hybridized carbons (Fsp3) is 1.00. The van der Waals surface area contributed by atoms with Crippen LogP contribution < -0.4 is 0 Å². The summed E-state index contributed by atoms with van der Waals surface area (Å²) in [7, 11) is 0. The Hall–Kier alpha value is 1.67. The van der Waals surface area contributed by atoms with E-state index in [1.807, 2.05) is 0 Å². The zero-order valence-corrected chi connectivity index (χ0v) is 12.9. The van der Waals surface area contributed by atoms with Crippen molar-refractivity contribution < 1.29 is 0 Å². The van der Waals surface area contributed by atoms with E-state index in [4.69, 9.17) is 0 Å². The fourth-order valence-electron chi connectivity index (χ4n) is 1.22. The average molecular weight is 323 g/mol. The van der Waals surface area contributed by atoms with Gasteiger partial charge >= 0.3 is 66.2 Å². The first-order valence-electron chi connectivity index (χ1n) is 3.42. The minimum absolute atomic E-state index is 0.785. The summed E-state index contributed by atoms with van der Waals surface area (Å²) in [4.78, 5) is 7.64. The third-order valence-electron chi connectivity index (χ3n) is 1.02. The Morgan fingerprint density at radius 1 is 1.12 bits per heavy atom. The van der Waals surface area contributed by atoms with Gasteiger partial charge in [-0.1, -0.05) is 0 Å². The SMILES string of the molecule is [CH3][In]([CH3])[CH2][Sn]([CH3])([CH3])[CH3]. The Labute approximate surface area is 65.5 Å². The molecule has 0 saturated carbocycles. The van der Waals surface area contributed by atoms with E-state index in [0.29, 0.717) is 0 Å². The molecule has 0 aliphatic carbocycles. The number of hydrogen-bond acceptors (Lipinski definition) is 0. The third-order valence-corrected chi connectivity index (χ3v) is 45.9. The first-order valence-corrected chi connectivity index (χ1v) is 22.9. The summed E-state index contributed by atoms with van der Waals surface area (Å²) in [6.07, 6.45) is 0. The van der Waals surface area contributed by atoms with Crippen LogP contribution in [0.1, 0.15) is 0 Å². The van der Waals surface area contributed by atoms with E-state index in [2.05, 4.69) is 24.2 Å². The van der Waals surface area contributed by atoms with Crippen LogP contribution in [0.2, 0.25) is 26.4 Å². The summed E-state index contributed by atoms with van der Waals surface area (Å²) < 4.78 is 6.81. The van der Waals surface area contributed by atoms with E-state index < -0.39 is 39.8 Å². The molecule has 48 valence electrons. The summed E-state index contributed by atoms with van der Waals surface area (Å²) in [5, 5.41) is 0. The van der Waals surface area contributed by atoms with Gasteiger partial charge in [0.25, 0.3) is 0 Å². The second-order valence-corrected chi connectivity index (χ2v) is 35.7. The van der Waals surface area contributed by atoms with Crippen molar-refractivity contribution in [3.63, 3.8) is 0 Å². The molecule has 0 spiro atoms. The Bertz CT molecular complexity index is 63.4. The van der Waals surface area contributed by atoms with Crippen LogP contribution in [0.5, 0.6) is 0 Å². The van der Waals surface area contributed by atoms with Gasteiger partial charge in [0.05, 0.1) is 0 Å². The van der Waals surface area contributed by atoms with Crippen LogP contribution in [0.15, 0.2) is 0 Å². The molecular formula is C6H17InSn. The average Bonchev–Trinajstić information content (AvgIpc) is 1.21. The Morgan fingerprint density at radius 3 is 1.50 bits per heavy atom. The van der Waals surface area contributed by atoms with Gasteiger partial charge in [-0.3, -0.25) is 0 Å². The molecule has 0 radical (unpaired) electrons. The van der Waals surface area contributed by atoms with E-state index in [9.17, 15) is 0 Å². The first-order chi connectivity index (χ1) is 3.42. The Balaban J connectivity index is 3.39. The molecule has 0 atom stereocenters. The maximum atomic E-state index is 2.55. The Kier molecular flexibility index (Phi) is 4.53. The molecule has 0 aliphatic heterocycles. The summed E-state index contributed by atoms with van der Waals surface area (Å²) in [5.41, 5.74) is 0. The van der Waals surface area contributed by atoms with E-state index in [1.54, 1.807) is 2.19 Å². The predicted octanol–water partition coefficient (Wildman–Crippen LogP) is 2.62. The van der Waals surface area contributed by atoms with Gasteiger partial charge in [0.15, 0.2) is 0 Å². The van der Waals surface area contributed by atoms with Crippen molar-refractivity contribution in [3.8, 4) is 0 Å². The van der Waals surface area contributed by atoms with Crippen molar-refractivity contribution in [3.05, 3.63) is 0 Å². The fourth-order valence-corrected chi connectivity index (χ4v) is 55.1. The molecule has 2 heteroatoms. The van der Waals surface area contributed by atoms with Gasteiger partial charge in [0, 0.05) is 0 Å². The van der Waals surface area contributed by atoms with Crippen molar-refractivity contribution in [1.82, 2.24) is 0 Å². The van der Waals surface area contributed by atoms with Crippen molar-refractivity contribution in [2.75, 3.05) is 0 Å². The van der Waals surface area contributed by atoms with Crippen LogP contribution in [0.3, 0.4) is 0 Å². The molecule has 0 aromatic rings. The van der Waals surface area contributed by atoms with Gasteiger partial charge in [-0.25, -0.2) is 0 Å². The molecule has 0 aromatic heterocycles. The normalized spacial score (nSPS) is 11.6. The van der Waals surface area contributed by atoms with Crippen LogP contribution >= 0.6 is 0 Å². The Morgan fingerprint density at radius 2 is 1.50 bits per heavy atom. The topological polar surface area (TPSA) is 0 Å². The second-order valence-electron chi connectivity index (χ2n) is 4.16. The number of rotatable bonds is 2. The first kappa shape index (κ1) is 9.67. The molecular weight excluding hydrogens is 306 g/mol. The summed E-state index contributed by atoms with van der Waals surface area (Å²) in [6, 6.07) is 0. The van der Waals surface area contributed by atoms with Crippen LogP contribution in [-0.4, -0.2) is 39.8 Å². The molecule has 0 nitrogen and oxygen atoms in total. The quantitative estimate of drug-likeness (QED) is 0.686. The molecule has 0 aromatic carbocycles. The molecule has 0 aliphatic rings. The maximum absolute atomic E-state index is 2.55. The van der Waals surface area contributed by atoms with Gasteiger partial charge in [-0.15, -0.1) is 0 Å². The van der Waals surface area contributed by atoms with E-state index in [0.717, 1.165) is 0 Å². The second kappa shape index (κ2) is 3.74. The van der Waals surface area contributed by atoms with Gasteiger partial charge in [0.1, 0.15) is 0 Å². The molecule has 0 N–H and O–H groups in total. The molecule has 0 fully saturated rings. The zero-order chi connectivity index (χ0) is 6.78. The van der Waals surface area contributed by atoms with Gasteiger partial charge in [-0.05, 0) is 0 Å². The zero-order valence-electron chi connectivity index (χ0n) is 6.78. The van der Waals surface area contributed by atoms with Crippen LogP contribution in [0, 0.1) is 0 Å². The molecule has 0 bridgehead atoms. The molecule has 0 saturated heterocycles. The van der Waals surface area contributed by atoms with Gasteiger partial charge in [-0.2, -0.15) is 0 Å². The van der Waals surface area contributed by atoms with E-state index >= 15 is 0 Å². The molecule has 0 amide bonds. The standard InChI is InChI=1S/5CH3.CH2.In.Sn/h5*1H3;1H2;;. The van der Waals surface area contributed by atoms with Crippen molar-refractivity contribution in [1.29, 1.82) is 0 Å². The van der Waals surface area contributed by atoms with E-state index in [1.165, 1.54) is 0 Å². The van der Waals surface area contributed by atoms with Crippen molar-refractivity contribution in [2.45, 2.75) is 26.4 Å². The van der Waals surface area contributed by atoms with Crippen LogP contribution in [0.25, 0.3) is 0 Å².